The summed E-state index contributed by atoms with van der Waals surface area (Å²) in [6, 6.07) is 1.36. The van der Waals surface area contributed by atoms with Gasteiger partial charge in [-0.25, -0.2) is 8.42 Å². The Kier molecular flexibility index (Phi) is 4.53. The second-order valence-corrected chi connectivity index (χ2v) is 8.44. The Morgan fingerprint density at radius 3 is 2.63 bits per heavy atom. The lowest BCUT2D eigenvalue weighted by Gasteiger charge is -2.31. The molecule has 1 heterocycles. The predicted octanol–water partition coefficient (Wildman–Crippen LogP) is 2.94. The van der Waals surface area contributed by atoms with Crippen LogP contribution in [0, 0.1) is 5.92 Å². The fourth-order valence-corrected chi connectivity index (χ4v) is 4.02. The zero-order chi connectivity index (χ0) is 14.0. The lowest BCUT2D eigenvalue weighted by Crippen LogP contribution is -2.37. The molecule has 0 radical (unpaired) electrons. The van der Waals surface area contributed by atoms with E-state index in [0.29, 0.717) is 18.0 Å². The van der Waals surface area contributed by atoms with Gasteiger partial charge in [0.15, 0.2) is 0 Å². The van der Waals surface area contributed by atoms with Crippen LogP contribution in [0.5, 0.6) is 0 Å². The summed E-state index contributed by atoms with van der Waals surface area (Å²) in [5.41, 5.74) is 0.408. The molecule has 0 atom stereocenters. The van der Waals surface area contributed by atoms with Crippen LogP contribution in [-0.4, -0.2) is 32.3 Å². The van der Waals surface area contributed by atoms with Gasteiger partial charge in [0.1, 0.15) is 4.21 Å². The number of halogens is 1. The molecule has 0 spiro atoms. The Bertz CT molecular complexity index is 563. The Labute approximate surface area is 121 Å². The largest absolute Gasteiger partial charge is 0.339 e. The van der Waals surface area contributed by atoms with Crippen molar-refractivity contribution in [2.75, 3.05) is 13.1 Å². The standard InChI is InChI=1S/C12H16ClNO3S2/c1-2-14(7-9-4-3-5-9)12(15)10-6-11(18-8-10)19(13,16)17/h6,8-9H,2-5,7H2,1H3. The van der Waals surface area contributed by atoms with Gasteiger partial charge in [-0.3, -0.25) is 4.79 Å². The molecule has 1 saturated carbocycles. The number of nitrogens with zero attached hydrogens (tertiary/aromatic N) is 1. The van der Waals surface area contributed by atoms with Crippen molar-refractivity contribution in [1.29, 1.82) is 0 Å². The van der Waals surface area contributed by atoms with Gasteiger partial charge < -0.3 is 4.90 Å². The van der Waals surface area contributed by atoms with E-state index in [1.807, 2.05) is 6.92 Å². The number of rotatable bonds is 5. The van der Waals surface area contributed by atoms with Gasteiger partial charge in [-0.2, -0.15) is 0 Å². The molecule has 0 aliphatic heterocycles. The van der Waals surface area contributed by atoms with Gasteiger partial charge in [-0.15, -0.1) is 11.3 Å². The molecule has 106 valence electrons. The van der Waals surface area contributed by atoms with E-state index >= 15 is 0 Å². The molecule has 0 unspecified atom stereocenters. The van der Waals surface area contributed by atoms with Crippen LogP contribution in [0.1, 0.15) is 36.5 Å². The van der Waals surface area contributed by atoms with Crippen LogP contribution in [-0.2, 0) is 9.05 Å². The summed E-state index contributed by atoms with van der Waals surface area (Å²) in [6.45, 7) is 3.32. The summed E-state index contributed by atoms with van der Waals surface area (Å²) in [5.74, 6) is 0.482. The Morgan fingerprint density at radius 1 is 1.53 bits per heavy atom. The average Bonchev–Trinajstić information content (AvgIpc) is 2.76. The van der Waals surface area contributed by atoms with Crippen LogP contribution in [0.2, 0.25) is 0 Å². The molecule has 0 N–H and O–H groups in total. The van der Waals surface area contributed by atoms with E-state index in [1.54, 1.807) is 10.3 Å². The molecule has 0 saturated heterocycles. The highest BCUT2D eigenvalue weighted by Gasteiger charge is 2.25. The van der Waals surface area contributed by atoms with Gasteiger partial charge in [0.05, 0.1) is 5.56 Å². The third kappa shape index (κ3) is 3.49. The normalized spacial score (nSPS) is 16.1. The monoisotopic (exact) mass is 321 g/mol. The maximum Gasteiger partial charge on any atom is 0.270 e. The molecule has 0 bridgehead atoms. The van der Waals surface area contributed by atoms with E-state index < -0.39 is 9.05 Å². The molecule has 1 aromatic heterocycles. The van der Waals surface area contributed by atoms with Crippen molar-refractivity contribution in [3.63, 3.8) is 0 Å². The van der Waals surface area contributed by atoms with Crippen molar-refractivity contribution < 1.29 is 13.2 Å². The highest BCUT2D eigenvalue weighted by molar-refractivity contribution is 8.15. The molecule has 1 fully saturated rings. The van der Waals surface area contributed by atoms with Crippen molar-refractivity contribution in [2.45, 2.75) is 30.4 Å². The highest BCUT2D eigenvalue weighted by Crippen LogP contribution is 2.28. The number of thiophene rings is 1. The number of hydrogen-bond donors (Lipinski definition) is 0. The SMILES string of the molecule is CCN(CC1CCC1)C(=O)c1csc(S(=O)(=O)Cl)c1. The quantitative estimate of drug-likeness (QED) is 0.783. The summed E-state index contributed by atoms with van der Waals surface area (Å²) >= 11 is 0.984. The first-order valence-corrected chi connectivity index (χ1v) is 9.43. The van der Waals surface area contributed by atoms with Gasteiger partial charge in [0.25, 0.3) is 15.0 Å². The summed E-state index contributed by atoms with van der Waals surface area (Å²) in [6.07, 6.45) is 3.59. The van der Waals surface area contributed by atoms with Crippen molar-refractivity contribution in [1.82, 2.24) is 4.90 Å². The molecular formula is C12H16ClNO3S2. The topological polar surface area (TPSA) is 54.5 Å². The third-order valence-corrected chi connectivity index (χ3v) is 6.48. The van der Waals surface area contributed by atoms with Crippen LogP contribution in [0.25, 0.3) is 0 Å². The Morgan fingerprint density at radius 2 is 2.21 bits per heavy atom. The van der Waals surface area contributed by atoms with E-state index in [1.165, 1.54) is 25.3 Å². The smallest absolute Gasteiger partial charge is 0.270 e. The first-order valence-electron chi connectivity index (χ1n) is 6.24. The van der Waals surface area contributed by atoms with Gasteiger partial charge in [0, 0.05) is 29.2 Å². The molecule has 1 aliphatic carbocycles. The van der Waals surface area contributed by atoms with Crippen molar-refractivity contribution >= 4 is 37.0 Å². The number of amides is 1. The van der Waals surface area contributed by atoms with Gasteiger partial charge in [0.2, 0.25) is 0 Å². The highest BCUT2D eigenvalue weighted by atomic mass is 35.7. The van der Waals surface area contributed by atoms with Crippen molar-refractivity contribution in [3.05, 3.63) is 17.0 Å². The van der Waals surface area contributed by atoms with Gasteiger partial charge >= 0.3 is 0 Å². The van der Waals surface area contributed by atoms with Gasteiger partial charge in [-0.1, -0.05) is 6.42 Å². The minimum absolute atomic E-state index is 0.0252. The lowest BCUT2D eigenvalue weighted by molar-refractivity contribution is 0.0707. The van der Waals surface area contributed by atoms with E-state index in [4.69, 9.17) is 10.7 Å². The third-order valence-electron chi connectivity index (χ3n) is 3.43. The van der Waals surface area contributed by atoms with Gasteiger partial charge in [-0.05, 0) is 31.7 Å². The van der Waals surface area contributed by atoms with E-state index in [0.717, 1.165) is 17.9 Å². The predicted molar refractivity (Wildman–Crippen MR) is 76.3 cm³/mol. The zero-order valence-electron chi connectivity index (χ0n) is 10.6. The maximum atomic E-state index is 12.3. The summed E-state index contributed by atoms with van der Waals surface area (Å²) in [7, 11) is 1.52. The molecule has 1 amide bonds. The molecule has 7 heteroatoms. The van der Waals surface area contributed by atoms with Crippen LogP contribution in [0.3, 0.4) is 0 Å². The van der Waals surface area contributed by atoms with E-state index in [-0.39, 0.29) is 10.1 Å². The summed E-state index contributed by atoms with van der Waals surface area (Å²) in [5, 5.41) is 1.56. The first-order chi connectivity index (χ1) is 8.91. The van der Waals surface area contributed by atoms with Crippen LogP contribution in [0.4, 0.5) is 0 Å². The zero-order valence-corrected chi connectivity index (χ0v) is 13.0. The molecular weight excluding hydrogens is 306 g/mol. The minimum atomic E-state index is -3.74. The Balaban J connectivity index is 2.10. The molecule has 0 aromatic carbocycles. The Hall–Kier alpha value is -0.590. The van der Waals surface area contributed by atoms with Crippen molar-refractivity contribution in [2.24, 2.45) is 5.92 Å². The summed E-state index contributed by atoms with van der Waals surface area (Å²) in [4.78, 5) is 14.1. The average molecular weight is 322 g/mol. The molecule has 4 nitrogen and oxygen atoms in total. The molecule has 1 aromatic rings. The van der Waals surface area contributed by atoms with Crippen molar-refractivity contribution in [3.8, 4) is 0 Å². The fraction of sp³-hybridized carbons (Fsp3) is 0.583. The number of carbonyl (C=O) groups is 1. The minimum Gasteiger partial charge on any atom is -0.339 e. The maximum absolute atomic E-state index is 12.3. The molecule has 2 rings (SSSR count). The lowest BCUT2D eigenvalue weighted by atomic mass is 9.85. The van der Waals surface area contributed by atoms with Crippen LogP contribution in [0.15, 0.2) is 15.7 Å². The first kappa shape index (κ1) is 14.8. The van der Waals surface area contributed by atoms with Crippen LogP contribution >= 0.6 is 22.0 Å². The fourth-order valence-electron chi connectivity index (χ4n) is 2.08. The molecule has 19 heavy (non-hydrogen) atoms. The van der Waals surface area contributed by atoms with E-state index in [2.05, 4.69) is 0 Å². The number of hydrogen-bond acceptors (Lipinski definition) is 4. The molecule has 1 aliphatic rings. The van der Waals surface area contributed by atoms with Crippen LogP contribution < -0.4 is 0 Å². The second-order valence-electron chi connectivity index (χ2n) is 4.73. The van der Waals surface area contributed by atoms with E-state index in [9.17, 15) is 13.2 Å². The summed E-state index contributed by atoms with van der Waals surface area (Å²) < 4.78 is 22.4. The second kappa shape index (κ2) is 5.81. The number of carbonyl (C=O) groups excluding carboxylic acids is 1.